The molecule has 0 aliphatic heterocycles. The molecule has 0 aromatic heterocycles. The molecular formula is C19H21ClFN5O4S. The lowest BCUT2D eigenvalue weighted by atomic mass is 10.1. The van der Waals surface area contributed by atoms with Gasteiger partial charge in [-0.15, -0.1) is 0 Å². The van der Waals surface area contributed by atoms with E-state index in [-0.39, 0.29) is 34.4 Å². The van der Waals surface area contributed by atoms with Crippen molar-refractivity contribution in [2.45, 2.75) is 6.54 Å². The molecule has 9 nitrogen and oxygen atoms in total. The predicted octanol–water partition coefficient (Wildman–Crippen LogP) is 1.23. The molecule has 2 rings (SSSR count). The molecular weight excluding hydrogens is 449 g/mol. The number of carbonyl (C=O) groups is 2. The van der Waals surface area contributed by atoms with Crippen LogP contribution in [0.1, 0.15) is 21.5 Å². The average Bonchev–Trinajstić information content (AvgIpc) is 2.66. The van der Waals surface area contributed by atoms with Gasteiger partial charge in [-0.25, -0.2) is 8.60 Å². The van der Waals surface area contributed by atoms with Gasteiger partial charge in [-0.3, -0.25) is 15.0 Å². The molecule has 31 heavy (non-hydrogen) atoms. The Labute approximate surface area is 183 Å². The Bertz CT molecular complexity index is 1150. The van der Waals surface area contributed by atoms with Crippen molar-refractivity contribution in [1.29, 1.82) is 5.41 Å². The molecule has 2 aromatic rings. The number of halogens is 2. The molecule has 166 valence electrons. The third-order valence-electron chi connectivity index (χ3n) is 3.80. The van der Waals surface area contributed by atoms with Gasteiger partial charge in [0.15, 0.2) is 12.4 Å². The fraction of sp³-hybridized carbons (Fsp3) is 0.158. The number of nitrogens with one attached hydrogen (secondary N) is 3. The Hall–Kier alpha value is -3.31. The number of nitrogen functional groups attached to an aromatic ring is 1. The summed E-state index contributed by atoms with van der Waals surface area (Å²) in [6.07, 6.45) is 1.27. The van der Waals surface area contributed by atoms with E-state index in [0.29, 0.717) is 11.1 Å². The zero-order valence-corrected chi connectivity index (χ0v) is 18.0. The lowest BCUT2D eigenvalue weighted by Gasteiger charge is -2.14. The SMILES string of the molecule is C=S(C)(=O)Nc1cc(C(=O)NCc2ccc(C(=N)N)cc2OCC(N)=O)cc(Cl)c1F. The maximum absolute atomic E-state index is 14.2. The second-order valence-electron chi connectivity index (χ2n) is 6.60. The Morgan fingerprint density at radius 3 is 2.52 bits per heavy atom. The third-order valence-corrected chi connectivity index (χ3v) is 4.73. The normalized spacial score (nSPS) is 12.5. The Morgan fingerprint density at radius 2 is 1.94 bits per heavy atom. The average molecular weight is 470 g/mol. The van der Waals surface area contributed by atoms with Gasteiger partial charge in [0.2, 0.25) is 0 Å². The molecule has 2 amide bonds. The minimum Gasteiger partial charge on any atom is -0.483 e. The van der Waals surface area contributed by atoms with Crippen molar-refractivity contribution >= 4 is 50.5 Å². The fourth-order valence-corrected chi connectivity index (χ4v) is 3.29. The van der Waals surface area contributed by atoms with Crippen LogP contribution < -0.4 is 26.2 Å². The number of rotatable bonds is 9. The summed E-state index contributed by atoms with van der Waals surface area (Å²) >= 11 is 5.85. The topological polar surface area (TPSA) is 160 Å². The molecule has 12 heteroatoms. The number of amidine groups is 1. The molecule has 1 unspecified atom stereocenters. The minimum absolute atomic E-state index is 0.0116. The summed E-state index contributed by atoms with van der Waals surface area (Å²) in [5.74, 6) is 1.20. The second-order valence-corrected chi connectivity index (χ2v) is 9.22. The summed E-state index contributed by atoms with van der Waals surface area (Å²) in [4.78, 5) is 23.6. The molecule has 0 aliphatic rings. The largest absolute Gasteiger partial charge is 0.483 e. The van der Waals surface area contributed by atoms with Crippen molar-refractivity contribution in [2.24, 2.45) is 11.5 Å². The number of benzene rings is 2. The molecule has 0 aliphatic carbocycles. The molecule has 0 fully saturated rings. The Kier molecular flexibility index (Phi) is 7.47. The van der Waals surface area contributed by atoms with E-state index in [4.69, 9.17) is 33.2 Å². The number of amides is 2. The Balaban J connectivity index is 2.25. The van der Waals surface area contributed by atoms with Crippen LogP contribution in [0.15, 0.2) is 30.3 Å². The fourth-order valence-electron chi connectivity index (χ4n) is 2.46. The molecule has 2 aromatic carbocycles. The number of hydrogen-bond donors (Lipinski definition) is 5. The first kappa shape index (κ1) is 24.0. The molecule has 0 bridgehead atoms. The van der Waals surface area contributed by atoms with Gasteiger partial charge in [0.1, 0.15) is 11.6 Å². The van der Waals surface area contributed by atoms with Crippen molar-refractivity contribution in [1.82, 2.24) is 5.32 Å². The van der Waals surface area contributed by atoms with Crippen LogP contribution in [0.25, 0.3) is 0 Å². The van der Waals surface area contributed by atoms with Crippen molar-refractivity contribution in [2.75, 3.05) is 17.6 Å². The summed E-state index contributed by atoms with van der Waals surface area (Å²) in [6.45, 7) is -0.449. The van der Waals surface area contributed by atoms with E-state index in [9.17, 15) is 18.2 Å². The van der Waals surface area contributed by atoms with E-state index < -0.39 is 33.9 Å². The summed E-state index contributed by atoms with van der Waals surface area (Å²) in [7, 11) is -2.81. The van der Waals surface area contributed by atoms with Crippen LogP contribution in [0, 0.1) is 11.2 Å². The van der Waals surface area contributed by atoms with Crippen LogP contribution in [0.4, 0.5) is 10.1 Å². The van der Waals surface area contributed by atoms with Crippen molar-refractivity contribution in [3.63, 3.8) is 0 Å². The number of hydrogen-bond acceptors (Lipinski definition) is 5. The van der Waals surface area contributed by atoms with Crippen LogP contribution in [-0.2, 0) is 21.0 Å². The van der Waals surface area contributed by atoms with E-state index in [2.05, 4.69) is 15.9 Å². The van der Waals surface area contributed by atoms with Crippen molar-refractivity contribution in [3.8, 4) is 5.75 Å². The van der Waals surface area contributed by atoms with Crippen LogP contribution >= 0.6 is 11.6 Å². The number of primary amides is 1. The highest BCUT2D eigenvalue weighted by Gasteiger charge is 2.16. The summed E-state index contributed by atoms with van der Waals surface area (Å²) in [5, 5.41) is 9.78. The van der Waals surface area contributed by atoms with Crippen LogP contribution in [0.3, 0.4) is 0 Å². The zero-order valence-electron chi connectivity index (χ0n) is 16.5. The molecule has 0 saturated heterocycles. The highest BCUT2D eigenvalue weighted by atomic mass is 35.5. The number of carbonyl (C=O) groups excluding carboxylic acids is 2. The highest BCUT2D eigenvalue weighted by molar-refractivity contribution is 8.00. The van der Waals surface area contributed by atoms with Crippen LogP contribution in [0.5, 0.6) is 5.75 Å². The molecule has 1 atom stereocenters. The number of nitrogens with two attached hydrogens (primary N) is 2. The van der Waals surface area contributed by atoms with Gasteiger partial charge in [0.05, 0.1) is 10.7 Å². The van der Waals surface area contributed by atoms with Gasteiger partial charge in [-0.2, -0.15) is 0 Å². The first-order valence-corrected chi connectivity index (χ1v) is 11.1. The highest BCUT2D eigenvalue weighted by Crippen LogP contribution is 2.26. The smallest absolute Gasteiger partial charge is 0.255 e. The summed E-state index contributed by atoms with van der Waals surface area (Å²) in [6, 6.07) is 6.84. The Morgan fingerprint density at radius 1 is 1.26 bits per heavy atom. The van der Waals surface area contributed by atoms with Crippen molar-refractivity contribution < 1.29 is 22.9 Å². The lowest BCUT2D eigenvalue weighted by molar-refractivity contribution is -0.119. The van der Waals surface area contributed by atoms with Gasteiger partial charge < -0.3 is 26.2 Å². The first-order valence-electron chi connectivity index (χ1n) is 8.63. The van der Waals surface area contributed by atoms with Gasteiger partial charge in [0, 0.05) is 39.2 Å². The first-order chi connectivity index (χ1) is 14.4. The minimum atomic E-state index is -2.81. The zero-order chi connectivity index (χ0) is 23.3. The molecule has 0 radical (unpaired) electrons. The molecule has 0 saturated carbocycles. The summed E-state index contributed by atoms with van der Waals surface area (Å²) < 4.78 is 33.7. The second kappa shape index (κ2) is 9.67. The van der Waals surface area contributed by atoms with E-state index in [1.165, 1.54) is 12.3 Å². The van der Waals surface area contributed by atoms with E-state index in [1.807, 2.05) is 0 Å². The van der Waals surface area contributed by atoms with Gasteiger partial charge >= 0.3 is 0 Å². The maximum Gasteiger partial charge on any atom is 0.255 e. The number of anilines is 1. The quantitative estimate of drug-likeness (QED) is 0.212. The van der Waals surface area contributed by atoms with Gasteiger partial charge in [0.25, 0.3) is 11.8 Å². The van der Waals surface area contributed by atoms with Gasteiger partial charge in [-0.1, -0.05) is 23.7 Å². The standard InChI is InChI=1S/C19H21ClFN5O4S/c1-31(2,29)26-14-6-12(5-13(20)17(14)21)19(28)25-8-11-4-3-10(18(23)24)7-15(11)30-9-16(22)27/h3-7H,1,8-9H2,2H3,(H2,22,27)(H3,23,24)(H,25,28)(H,26,29). The maximum atomic E-state index is 14.2. The predicted molar refractivity (Wildman–Crippen MR) is 120 cm³/mol. The van der Waals surface area contributed by atoms with E-state index >= 15 is 0 Å². The lowest BCUT2D eigenvalue weighted by Crippen LogP contribution is -2.25. The molecule has 0 spiro atoms. The summed E-state index contributed by atoms with van der Waals surface area (Å²) in [5.41, 5.74) is 11.2. The van der Waals surface area contributed by atoms with Gasteiger partial charge in [-0.05, 0) is 24.1 Å². The molecule has 0 heterocycles. The van der Waals surface area contributed by atoms with Crippen LogP contribution in [-0.4, -0.2) is 40.6 Å². The molecule has 7 N–H and O–H groups in total. The monoisotopic (exact) mass is 469 g/mol. The number of ether oxygens (including phenoxy) is 1. The third kappa shape index (κ3) is 6.86. The van der Waals surface area contributed by atoms with Crippen LogP contribution in [0.2, 0.25) is 5.02 Å². The van der Waals surface area contributed by atoms with Crippen molar-refractivity contribution in [3.05, 3.63) is 57.9 Å². The van der Waals surface area contributed by atoms with E-state index in [0.717, 1.165) is 12.1 Å². The van der Waals surface area contributed by atoms with E-state index in [1.54, 1.807) is 12.1 Å².